The highest BCUT2D eigenvalue weighted by molar-refractivity contribution is 5.87. The van der Waals surface area contributed by atoms with Crippen LogP contribution in [-0.2, 0) is 29.0 Å². The molecule has 4 heteroatoms. The van der Waals surface area contributed by atoms with Gasteiger partial charge in [-0.2, -0.15) is 0 Å². The van der Waals surface area contributed by atoms with Crippen LogP contribution in [0.15, 0.2) is 48.5 Å². The van der Waals surface area contributed by atoms with Crippen molar-refractivity contribution in [2.45, 2.75) is 44.2 Å². The van der Waals surface area contributed by atoms with Crippen molar-refractivity contribution in [3.8, 4) is 0 Å². The Morgan fingerprint density at radius 1 is 0.889 bits per heavy atom. The molecule has 0 bridgehead atoms. The number of hydrogen-bond donors (Lipinski definition) is 1. The molecule has 2 amide bonds. The van der Waals surface area contributed by atoms with Crippen molar-refractivity contribution in [1.29, 1.82) is 0 Å². The average Bonchev–Trinajstić information content (AvgIpc) is 3.46. The summed E-state index contributed by atoms with van der Waals surface area (Å²) in [5.74, 6) is 0.175. The van der Waals surface area contributed by atoms with Gasteiger partial charge in [0.05, 0.1) is 5.92 Å². The summed E-state index contributed by atoms with van der Waals surface area (Å²) in [4.78, 5) is 27.7. The van der Waals surface area contributed by atoms with Crippen LogP contribution in [0.1, 0.15) is 41.0 Å². The van der Waals surface area contributed by atoms with Crippen LogP contribution in [0.3, 0.4) is 0 Å². The van der Waals surface area contributed by atoms with E-state index < -0.39 is 0 Å². The fourth-order valence-corrected chi connectivity index (χ4v) is 4.55. The van der Waals surface area contributed by atoms with Gasteiger partial charge >= 0.3 is 0 Å². The molecule has 2 aromatic carbocycles. The van der Waals surface area contributed by atoms with Crippen LogP contribution in [0.2, 0.25) is 0 Å². The minimum atomic E-state index is -0.277. The van der Waals surface area contributed by atoms with Gasteiger partial charge in [-0.05, 0) is 47.9 Å². The molecule has 4 nitrogen and oxygen atoms in total. The SMILES string of the molecule is O=C(NC1Cc2ccccc2C1)C1CN(C(=O)C2CC2)Cc2ccccc21. The van der Waals surface area contributed by atoms with Crippen molar-refractivity contribution in [1.82, 2.24) is 10.2 Å². The normalized spacial score (nSPS) is 21.5. The average molecular weight is 360 g/mol. The lowest BCUT2D eigenvalue weighted by molar-refractivity contribution is -0.135. The van der Waals surface area contributed by atoms with E-state index in [0.29, 0.717) is 13.1 Å². The zero-order valence-electron chi connectivity index (χ0n) is 15.4. The van der Waals surface area contributed by atoms with Gasteiger partial charge in [-0.25, -0.2) is 0 Å². The first kappa shape index (κ1) is 16.5. The number of hydrogen-bond acceptors (Lipinski definition) is 2. The molecule has 1 aliphatic heterocycles. The van der Waals surface area contributed by atoms with Gasteiger partial charge in [0.2, 0.25) is 11.8 Å². The van der Waals surface area contributed by atoms with Gasteiger partial charge in [0, 0.05) is 25.0 Å². The van der Waals surface area contributed by atoms with Gasteiger partial charge in [0.25, 0.3) is 0 Å². The van der Waals surface area contributed by atoms with Crippen LogP contribution in [0.25, 0.3) is 0 Å². The molecule has 1 fully saturated rings. The predicted molar refractivity (Wildman–Crippen MR) is 103 cm³/mol. The fraction of sp³-hybridized carbons (Fsp3) is 0.391. The van der Waals surface area contributed by atoms with Gasteiger partial charge in [0.15, 0.2) is 0 Å². The molecule has 27 heavy (non-hydrogen) atoms. The van der Waals surface area contributed by atoms with Crippen molar-refractivity contribution in [3.05, 3.63) is 70.8 Å². The third-order valence-electron chi connectivity index (χ3n) is 6.15. The van der Waals surface area contributed by atoms with Crippen molar-refractivity contribution in [2.75, 3.05) is 6.54 Å². The summed E-state index contributed by atoms with van der Waals surface area (Å²) in [5, 5.41) is 3.26. The van der Waals surface area contributed by atoms with Crippen LogP contribution >= 0.6 is 0 Å². The molecule has 138 valence electrons. The Hall–Kier alpha value is -2.62. The Morgan fingerprint density at radius 3 is 2.19 bits per heavy atom. The standard InChI is InChI=1S/C23H24N2O2/c26-22(24-19-11-16-5-1-2-6-17(16)12-19)21-14-25(23(27)15-9-10-15)13-18-7-3-4-8-20(18)21/h1-8,15,19,21H,9-14H2,(H,24,26). The topological polar surface area (TPSA) is 49.4 Å². The molecule has 1 saturated carbocycles. The summed E-state index contributed by atoms with van der Waals surface area (Å²) in [6.45, 7) is 1.13. The molecule has 0 spiro atoms. The quantitative estimate of drug-likeness (QED) is 0.915. The number of carbonyl (C=O) groups excluding carboxylic acids is 2. The second-order valence-corrected chi connectivity index (χ2v) is 8.13. The van der Waals surface area contributed by atoms with Crippen LogP contribution < -0.4 is 5.32 Å². The zero-order chi connectivity index (χ0) is 18.4. The zero-order valence-corrected chi connectivity index (χ0v) is 15.4. The number of amides is 2. The minimum Gasteiger partial charge on any atom is -0.352 e. The molecular formula is C23H24N2O2. The fourth-order valence-electron chi connectivity index (χ4n) is 4.55. The van der Waals surface area contributed by atoms with Gasteiger partial charge in [-0.1, -0.05) is 48.5 Å². The maximum absolute atomic E-state index is 13.2. The molecule has 1 atom stereocenters. The summed E-state index contributed by atoms with van der Waals surface area (Å²) in [7, 11) is 0. The summed E-state index contributed by atoms with van der Waals surface area (Å²) < 4.78 is 0. The molecule has 0 radical (unpaired) electrons. The highest BCUT2D eigenvalue weighted by Gasteiger charge is 2.39. The monoisotopic (exact) mass is 360 g/mol. The molecule has 2 aromatic rings. The third-order valence-corrected chi connectivity index (χ3v) is 6.15. The Morgan fingerprint density at radius 2 is 1.52 bits per heavy atom. The maximum Gasteiger partial charge on any atom is 0.229 e. The largest absolute Gasteiger partial charge is 0.352 e. The molecule has 5 rings (SSSR count). The predicted octanol–water partition coefficient (Wildman–Crippen LogP) is 2.81. The summed E-state index contributed by atoms with van der Waals surface area (Å²) in [5.41, 5.74) is 4.84. The number of nitrogens with zero attached hydrogens (tertiary/aromatic N) is 1. The number of fused-ring (bicyclic) bond motifs is 2. The Bertz CT molecular complexity index is 878. The summed E-state index contributed by atoms with van der Waals surface area (Å²) in [6.07, 6.45) is 3.77. The Balaban J connectivity index is 1.35. The van der Waals surface area contributed by atoms with Crippen LogP contribution in [0, 0.1) is 5.92 Å². The van der Waals surface area contributed by atoms with Crippen LogP contribution in [0.5, 0.6) is 0 Å². The molecule has 1 N–H and O–H groups in total. The van der Waals surface area contributed by atoms with Gasteiger partial charge in [-0.3, -0.25) is 9.59 Å². The minimum absolute atomic E-state index is 0.0496. The van der Waals surface area contributed by atoms with E-state index in [1.54, 1.807) is 0 Å². The smallest absolute Gasteiger partial charge is 0.229 e. The number of benzene rings is 2. The van der Waals surface area contributed by atoms with E-state index in [0.717, 1.165) is 36.8 Å². The highest BCUT2D eigenvalue weighted by atomic mass is 16.2. The molecule has 2 aliphatic carbocycles. The van der Waals surface area contributed by atoms with E-state index in [9.17, 15) is 9.59 Å². The van der Waals surface area contributed by atoms with E-state index in [4.69, 9.17) is 0 Å². The first-order chi connectivity index (χ1) is 13.2. The second-order valence-electron chi connectivity index (χ2n) is 8.13. The number of rotatable bonds is 3. The molecule has 0 aromatic heterocycles. The van der Waals surface area contributed by atoms with E-state index in [1.165, 1.54) is 11.1 Å². The van der Waals surface area contributed by atoms with E-state index in [2.05, 4.69) is 29.6 Å². The van der Waals surface area contributed by atoms with Gasteiger partial charge < -0.3 is 10.2 Å². The lowest BCUT2D eigenvalue weighted by atomic mass is 9.88. The van der Waals surface area contributed by atoms with Crippen LogP contribution in [-0.4, -0.2) is 29.3 Å². The lowest BCUT2D eigenvalue weighted by Crippen LogP contribution is -2.46. The van der Waals surface area contributed by atoms with Gasteiger partial charge in [0.1, 0.15) is 0 Å². The van der Waals surface area contributed by atoms with Crippen molar-refractivity contribution < 1.29 is 9.59 Å². The van der Waals surface area contributed by atoms with E-state index in [1.807, 2.05) is 29.2 Å². The third kappa shape index (κ3) is 3.14. The second kappa shape index (κ2) is 6.52. The van der Waals surface area contributed by atoms with Crippen molar-refractivity contribution in [3.63, 3.8) is 0 Å². The highest BCUT2D eigenvalue weighted by Crippen LogP contribution is 2.35. The van der Waals surface area contributed by atoms with E-state index in [-0.39, 0.29) is 29.7 Å². The first-order valence-corrected chi connectivity index (χ1v) is 9.93. The van der Waals surface area contributed by atoms with Crippen molar-refractivity contribution in [2.24, 2.45) is 5.92 Å². The molecule has 3 aliphatic rings. The molecular weight excluding hydrogens is 336 g/mol. The van der Waals surface area contributed by atoms with Gasteiger partial charge in [-0.15, -0.1) is 0 Å². The summed E-state index contributed by atoms with van der Waals surface area (Å²) in [6, 6.07) is 16.6. The van der Waals surface area contributed by atoms with Crippen LogP contribution in [0.4, 0.5) is 0 Å². The van der Waals surface area contributed by atoms with Crippen molar-refractivity contribution >= 4 is 11.8 Å². The Labute approximate surface area is 159 Å². The lowest BCUT2D eigenvalue weighted by Gasteiger charge is -2.34. The first-order valence-electron chi connectivity index (χ1n) is 9.93. The number of carbonyl (C=O) groups is 2. The Kier molecular flexibility index (Phi) is 4.00. The number of nitrogens with one attached hydrogen (secondary N) is 1. The maximum atomic E-state index is 13.2. The molecule has 0 saturated heterocycles. The molecule has 1 unspecified atom stereocenters. The summed E-state index contributed by atoms with van der Waals surface area (Å²) >= 11 is 0. The molecule has 1 heterocycles. The van der Waals surface area contributed by atoms with E-state index >= 15 is 0 Å².